The lowest BCUT2D eigenvalue weighted by Gasteiger charge is -2.16. The summed E-state index contributed by atoms with van der Waals surface area (Å²) in [5.41, 5.74) is 1.24. The number of amides is 6. The molecule has 0 saturated carbocycles. The van der Waals surface area contributed by atoms with Gasteiger partial charge in [0, 0.05) is 26.9 Å². The van der Waals surface area contributed by atoms with Crippen LogP contribution in [0, 0.1) is 17.8 Å². The number of thioether (sulfide) groups is 2. The molecule has 0 spiro atoms. The number of Topliss-reactive ketones (excluding diaryl/α,β-unsaturated/α-hetero) is 1. The van der Waals surface area contributed by atoms with Gasteiger partial charge in [0.05, 0.1) is 42.8 Å². The van der Waals surface area contributed by atoms with E-state index >= 15 is 0 Å². The zero-order chi connectivity index (χ0) is 56.0. The highest BCUT2D eigenvalue weighted by Crippen LogP contribution is 2.23. The number of esters is 7. The number of ketones is 1. The van der Waals surface area contributed by atoms with E-state index in [0.717, 1.165) is 36.4 Å². The smallest absolute Gasteiger partial charge is 0.418 e. The summed E-state index contributed by atoms with van der Waals surface area (Å²) >= 11 is 2.18. The number of rotatable bonds is 4. The summed E-state index contributed by atoms with van der Waals surface area (Å²) < 4.78 is 31.3. The minimum Gasteiger partial charge on any atom is -0.465 e. The van der Waals surface area contributed by atoms with Gasteiger partial charge in [0.15, 0.2) is 12.4 Å². The molecule has 8 aliphatic rings. The van der Waals surface area contributed by atoms with Crippen LogP contribution < -0.4 is 10.6 Å². The summed E-state index contributed by atoms with van der Waals surface area (Å²) in [6.45, 7) is 13.2. The molecule has 74 heavy (non-hydrogen) atoms. The molecule has 26 nitrogen and oxygen atoms in total. The largest absolute Gasteiger partial charge is 0.465 e. The van der Waals surface area contributed by atoms with Crippen molar-refractivity contribution in [3.8, 4) is 0 Å². The third kappa shape index (κ3) is 20.8. The summed E-state index contributed by atoms with van der Waals surface area (Å²) in [6, 6.07) is 9.05. The van der Waals surface area contributed by atoms with Gasteiger partial charge in [-0.2, -0.15) is 0 Å². The molecule has 8 fully saturated rings. The van der Waals surface area contributed by atoms with Gasteiger partial charge >= 0.3 is 60.1 Å². The van der Waals surface area contributed by atoms with Crippen molar-refractivity contribution in [2.45, 2.75) is 97.1 Å². The number of imide groups is 1. The molecule has 6 amide bonds. The van der Waals surface area contributed by atoms with E-state index in [1.807, 2.05) is 25.1 Å². The van der Waals surface area contributed by atoms with Crippen LogP contribution in [0.2, 0.25) is 0 Å². The van der Waals surface area contributed by atoms with Crippen molar-refractivity contribution in [2.24, 2.45) is 17.8 Å². The van der Waals surface area contributed by atoms with Crippen LogP contribution in [0.1, 0.15) is 66.9 Å². The van der Waals surface area contributed by atoms with Gasteiger partial charge in [0.25, 0.3) is 10.5 Å². The Balaban J connectivity index is 0.000000293. The fourth-order valence-corrected chi connectivity index (χ4v) is 7.36. The number of carbonyl (C=O) groups is 14. The van der Waals surface area contributed by atoms with E-state index in [1.54, 1.807) is 60.5 Å². The van der Waals surface area contributed by atoms with Gasteiger partial charge in [-0.15, -0.1) is 0 Å². The van der Waals surface area contributed by atoms with E-state index in [1.165, 1.54) is 22.4 Å². The van der Waals surface area contributed by atoms with Crippen LogP contribution in [0.5, 0.6) is 0 Å². The Bertz CT molecular complexity index is 2150. The Kier molecular flexibility index (Phi) is 26.2. The fourth-order valence-electron chi connectivity index (χ4n) is 5.73. The molecule has 8 unspecified atom stereocenters. The number of hydrogen-bond acceptors (Lipinski definition) is 23. The standard InChI is InChI=1S/C11H13NO2.C7H11NO3S.C5H7NO3.2C5H6O3.C5H8O2.C4H5NO3.C4H5NO2S/c1-12-10(8-14-11(12)13)7-9-5-3-2-4-6-9;1-3-11-6(9)5-4-12-7(10)8(5)2;1-3-4(7)9-5(8)6(3)2;1-3-4(6)2-8-5(3)7;1-3-2-4(6)8-5(3)7;1-4-2-3-7-5(4)6;1-2-3(6)8-4(7)5-2;1-2-3(6)5-4(7)8-2/h2-6,10H,7-8H2,1H3;5H,3-4H2,1-2H3;3H,1-2H3;2*3H,2H2,1H3;4H,2-3H2,1H3;2H,1H3,(H,5,7);2H,1H3,(H,5,6,7). The molecule has 2 N–H and O–H groups in total. The van der Waals surface area contributed by atoms with Crippen molar-refractivity contribution in [3.63, 3.8) is 0 Å². The second kappa shape index (κ2) is 30.8. The Hall–Kier alpha value is -7.10. The van der Waals surface area contributed by atoms with Gasteiger partial charge in [0.1, 0.15) is 30.7 Å². The molecule has 8 atom stereocenters. The first-order chi connectivity index (χ1) is 34.7. The molecule has 1 aromatic carbocycles. The highest BCUT2D eigenvalue weighted by atomic mass is 32.2. The molecular weight excluding hydrogens is 1020 g/mol. The van der Waals surface area contributed by atoms with E-state index in [9.17, 15) is 67.1 Å². The van der Waals surface area contributed by atoms with Gasteiger partial charge in [-0.25, -0.2) is 28.8 Å². The van der Waals surface area contributed by atoms with E-state index in [4.69, 9.17) is 9.47 Å². The van der Waals surface area contributed by atoms with Crippen molar-refractivity contribution < 1.29 is 100 Å². The van der Waals surface area contributed by atoms with E-state index in [0.29, 0.717) is 25.6 Å². The van der Waals surface area contributed by atoms with Crippen LogP contribution in [0.3, 0.4) is 0 Å². The first-order valence-electron chi connectivity index (χ1n) is 22.8. The Morgan fingerprint density at radius 3 is 1.62 bits per heavy atom. The maximum Gasteiger partial charge on any atom is 0.418 e. The van der Waals surface area contributed by atoms with Gasteiger partial charge in [0.2, 0.25) is 5.91 Å². The number of nitrogens with zero attached hydrogens (tertiary/aromatic N) is 3. The monoisotopic (exact) mass is 1080 g/mol. The average Bonchev–Trinajstić information content (AvgIpc) is 4.25. The van der Waals surface area contributed by atoms with Crippen LogP contribution in [0.15, 0.2) is 30.3 Å². The van der Waals surface area contributed by atoms with Crippen molar-refractivity contribution in [1.29, 1.82) is 0 Å². The molecule has 0 radical (unpaired) electrons. The third-order valence-electron chi connectivity index (χ3n) is 10.9. The van der Waals surface area contributed by atoms with Crippen molar-refractivity contribution in [3.05, 3.63) is 35.9 Å². The number of nitrogens with one attached hydrogen (secondary N) is 2. The molecule has 0 aromatic heterocycles. The highest BCUT2D eigenvalue weighted by Gasteiger charge is 2.36. The number of carbonyl (C=O) groups excluding carboxylic acids is 14. The molecule has 408 valence electrons. The van der Waals surface area contributed by atoms with Crippen LogP contribution in [-0.4, -0.2) is 180 Å². The first-order valence-corrected chi connectivity index (χ1v) is 24.7. The van der Waals surface area contributed by atoms with E-state index in [-0.39, 0.29) is 82.4 Å². The lowest BCUT2D eigenvalue weighted by atomic mass is 10.1. The molecule has 9 rings (SSSR count). The topological polar surface area (TPSA) is 337 Å². The number of benzene rings is 1. The Morgan fingerprint density at radius 2 is 1.36 bits per heavy atom. The average molecular weight is 1080 g/mol. The van der Waals surface area contributed by atoms with Gasteiger partial charge in [-0.1, -0.05) is 67.7 Å². The van der Waals surface area contributed by atoms with Crippen LogP contribution in [-0.2, 0) is 82.7 Å². The van der Waals surface area contributed by atoms with E-state index < -0.39 is 60.0 Å². The number of cyclic esters (lactones) is 9. The SMILES string of the molecule is CC1C(=O)COC1=O.CC1C(=O)OC(=O)N1C.CC1CC(=O)OC1=O.CC1CCOC1=O.CC1NC(=O)OC1=O.CC1SC(=O)NC1=O.CCOC(=O)C1CSC(=O)N1C.CN1C(=O)OCC1Cc1ccccc1. The molecule has 8 aliphatic heterocycles. The van der Waals surface area contributed by atoms with Gasteiger partial charge in [-0.3, -0.25) is 48.6 Å². The van der Waals surface area contributed by atoms with Crippen molar-refractivity contribution >= 4 is 106 Å². The summed E-state index contributed by atoms with van der Waals surface area (Å²) in [5.74, 6) is -2.88. The molecule has 8 saturated heterocycles. The van der Waals surface area contributed by atoms with Gasteiger partial charge < -0.3 is 48.3 Å². The van der Waals surface area contributed by atoms with Crippen molar-refractivity contribution in [1.82, 2.24) is 25.3 Å². The number of ether oxygens (including phenoxy) is 7. The number of alkyl carbamates (subject to hydrolysis) is 1. The first kappa shape index (κ1) is 63.0. The second-order valence-electron chi connectivity index (χ2n) is 16.6. The quantitative estimate of drug-likeness (QED) is 0.249. The van der Waals surface area contributed by atoms with Crippen molar-refractivity contribution in [2.75, 3.05) is 53.3 Å². The van der Waals surface area contributed by atoms with Crippen LogP contribution in [0.25, 0.3) is 0 Å². The fraction of sp³-hybridized carbons (Fsp3) is 0.565. The lowest BCUT2D eigenvalue weighted by Crippen LogP contribution is -2.37. The molecule has 1 aromatic rings. The molecular formula is C46H61N5O21S2. The molecule has 8 heterocycles. The zero-order valence-corrected chi connectivity index (χ0v) is 44.0. The maximum absolute atomic E-state index is 11.2. The van der Waals surface area contributed by atoms with Crippen LogP contribution >= 0.6 is 23.5 Å². The summed E-state index contributed by atoms with van der Waals surface area (Å²) in [6.07, 6.45) is 0.585. The minimum absolute atomic E-state index is 0.0278. The van der Waals surface area contributed by atoms with E-state index in [2.05, 4.69) is 46.5 Å². The minimum atomic E-state index is -0.650. The van der Waals surface area contributed by atoms with Crippen LogP contribution in [0.4, 0.5) is 24.0 Å². The predicted octanol–water partition coefficient (Wildman–Crippen LogP) is 2.79. The number of hydrogen-bond donors (Lipinski definition) is 2. The molecule has 28 heteroatoms. The summed E-state index contributed by atoms with van der Waals surface area (Å²) in [5, 5.41) is 3.92. The second-order valence-corrected chi connectivity index (χ2v) is 18.9. The maximum atomic E-state index is 11.2. The molecule has 0 aliphatic carbocycles. The Labute approximate surface area is 434 Å². The third-order valence-corrected chi connectivity index (χ3v) is 12.8. The normalized spacial score (nSPS) is 26.0. The molecule has 0 bridgehead atoms. The zero-order valence-electron chi connectivity index (χ0n) is 42.4. The summed E-state index contributed by atoms with van der Waals surface area (Å²) in [7, 11) is 4.92. The summed E-state index contributed by atoms with van der Waals surface area (Å²) in [4.78, 5) is 151. The lowest BCUT2D eigenvalue weighted by molar-refractivity contribution is -0.153. The van der Waals surface area contributed by atoms with Gasteiger partial charge in [-0.05, 0) is 53.0 Å². The highest BCUT2D eigenvalue weighted by molar-refractivity contribution is 8.15. The Morgan fingerprint density at radius 1 is 0.716 bits per heavy atom. The number of likely N-dealkylation sites (N-methyl/N-ethyl adjacent to an activating group) is 3. The predicted molar refractivity (Wildman–Crippen MR) is 257 cm³/mol.